The molecule has 0 bridgehead atoms. The molecular formula is C12H15N3O2S. The molecule has 0 aliphatic carbocycles. The Hall–Kier alpha value is -1.74. The third-order valence-corrected chi connectivity index (χ3v) is 3.33. The first kappa shape index (κ1) is 14.3. The van der Waals surface area contributed by atoms with Gasteiger partial charge < -0.3 is 5.32 Å². The third kappa shape index (κ3) is 3.64. The number of hydrogen-bond acceptors (Lipinski definition) is 5. The molecule has 0 amide bonds. The number of benzene rings is 1. The Bertz CT molecular complexity index is 471. The lowest BCUT2D eigenvalue weighted by molar-refractivity contribution is -0.384. The molecule has 1 N–H and O–H groups in total. The van der Waals surface area contributed by atoms with Gasteiger partial charge in [-0.15, -0.1) is 0 Å². The Kier molecular flexibility index (Phi) is 5.46. The topological polar surface area (TPSA) is 79.0 Å². The first-order chi connectivity index (χ1) is 8.60. The van der Waals surface area contributed by atoms with Crippen molar-refractivity contribution in [3.8, 4) is 6.07 Å². The van der Waals surface area contributed by atoms with Crippen LogP contribution >= 0.6 is 11.8 Å². The fourth-order valence-electron chi connectivity index (χ4n) is 1.60. The van der Waals surface area contributed by atoms with Gasteiger partial charge in [-0.05, 0) is 30.1 Å². The minimum absolute atomic E-state index is 0.0857. The van der Waals surface area contributed by atoms with E-state index in [1.165, 1.54) is 6.07 Å². The summed E-state index contributed by atoms with van der Waals surface area (Å²) in [6.45, 7) is 2.72. The molecule has 1 rings (SSSR count). The number of nitrogens with zero attached hydrogens (tertiary/aromatic N) is 2. The number of hydrogen-bond donors (Lipinski definition) is 1. The molecule has 0 aliphatic rings. The molecule has 0 spiro atoms. The number of rotatable bonds is 6. The summed E-state index contributed by atoms with van der Waals surface area (Å²) in [5.74, 6) is 1.39. The number of nitro benzene ring substituents is 1. The van der Waals surface area contributed by atoms with Crippen molar-refractivity contribution in [2.24, 2.45) is 5.92 Å². The van der Waals surface area contributed by atoms with Gasteiger partial charge in [0.15, 0.2) is 0 Å². The van der Waals surface area contributed by atoms with Crippen LogP contribution in [0, 0.1) is 27.4 Å². The Morgan fingerprint density at radius 1 is 1.61 bits per heavy atom. The van der Waals surface area contributed by atoms with Crippen LogP contribution in [0.15, 0.2) is 18.2 Å². The van der Waals surface area contributed by atoms with E-state index in [0.29, 0.717) is 18.2 Å². The normalized spacial score (nSPS) is 11.6. The maximum Gasteiger partial charge on any atom is 0.309 e. The molecule has 0 fully saturated rings. The van der Waals surface area contributed by atoms with Gasteiger partial charge in [0, 0.05) is 6.54 Å². The van der Waals surface area contributed by atoms with Crippen molar-refractivity contribution in [1.29, 1.82) is 5.26 Å². The third-order valence-electron chi connectivity index (χ3n) is 2.43. The quantitative estimate of drug-likeness (QED) is 0.632. The molecule has 1 atom stereocenters. The number of nitriles is 1. The van der Waals surface area contributed by atoms with E-state index in [1.807, 2.05) is 12.3 Å². The predicted molar refractivity (Wildman–Crippen MR) is 73.8 cm³/mol. The van der Waals surface area contributed by atoms with E-state index >= 15 is 0 Å². The number of thioether (sulfide) groups is 1. The monoisotopic (exact) mass is 265 g/mol. The van der Waals surface area contributed by atoms with Gasteiger partial charge in [0.1, 0.15) is 17.3 Å². The van der Waals surface area contributed by atoms with Crippen LogP contribution in [0.5, 0.6) is 0 Å². The molecular weight excluding hydrogens is 250 g/mol. The molecule has 0 aliphatic heterocycles. The van der Waals surface area contributed by atoms with Gasteiger partial charge in [0.25, 0.3) is 0 Å². The SMILES string of the molecule is CSCC(C)CNc1cccc(C#N)c1[N+](=O)[O-]. The van der Waals surface area contributed by atoms with Crippen LogP contribution in [-0.4, -0.2) is 23.5 Å². The summed E-state index contributed by atoms with van der Waals surface area (Å²) in [5, 5.41) is 22.9. The van der Waals surface area contributed by atoms with Crippen LogP contribution in [0.3, 0.4) is 0 Å². The Morgan fingerprint density at radius 2 is 2.33 bits per heavy atom. The molecule has 18 heavy (non-hydrogen) atoms. The lowest BCUT2D eigenvalue weighted by atomic mass is 10.1. The first-order valence-electron chi connectivity index (χ1n) is 5.50. The molecule has 5 nitrogen and oxygen atoms in total. The highest BCUT2D eigenvalue weighted by Crippen LogP contribution is 2.28. The number of para-hydroxylation sites is 1. The van der Waals surface area contributed by atoms with Gasteiger partial charge in [-0.3, -0.25) is 10.1 Å². The number of anilines is 1. The van der Waals surface area contributed by atoms with Crippen LogP contribution in [0.2, 0.25) is 0 Å². The minimum atomic E-state index is -0.514. The van der Waals surface area contributed by atoms with Crippen molar-refractivity contribution in [3.05, 3.63) is 33.9 Å². The Balaban J connectivity index is 2.89. The Labute approximate surface area is 110 Å². The number of nitrogens with one attached hydrogen (secondary N) is 1. The molecule has 6 heteroatoms. The minimum Gasteiger partial charge on any atom is -0.379 e. The van der Waals surface area contributed by atoms with Crippen LogP contribution in [0.1, 0.15) is 12.5 Å². The second-order valence-electron chi connectivity index (χ2n) is 4.01. The van der Waals surface area contributed by atoms with E-state index in [1.54, 1.807) is 23.9 Å². The van der Waals surface area contributed by atoms with Crippen molar-refractivity contribution in [1.82, 2.24) is 0 Å². The zero-order valence-corrected chi connectivity index (χ0v) is 11.2. The largest absolute Gasteiger partial charge is 0.379 e. The van der Waals surface area contributed by atoms with E-state index in [2.05, 4.69) is 12.2 Å². The van der Waals surface area contributed by atoms with Crippen LogP contribution < -0.4 is 5.32 Å². The lowest BCUT2D eigenvalue weighted by Crippen LogP contribution is -2.14. The predicted octanol–water partition coefficient (Wildman–Crippen LogP) is 2.88. The zero-order chi connectivity index (χ0) is 13.5. The van der Waals surface area contributed by atoms with Crippen LogP contribution in [0.4, 0.5) is 11.4 Å². The second kappa shape index (κ2) is 6.87. The van der Waals surface area contributed by atoms with Crippen molar-refractivity contribution >= 4 is 23.1 Å². The highest BCUT2D eigenvalue weighted by molar-refractivity contribution is 7.98. The average Bonchev–Trinajstić information content (AvgIpc) is 2.35. The van der Waals surface area contributed by atoms with Crippen molar-refractivity contribution in [3.63, 3.8) is 0 Å². The summed E-state index contributed by atoms with van der Waals surface area (Å²) in [6, 6.07) is 6.57. The highest BCUT2D eigenvalue weighted by Gasteiger charge is 2.19. The molecule has 1 aromatic carbocycles. The van der Waals surface area contributed by atoms with E-state index in [9.17, 15) is 10.1 Å². The second-order valence-corrected chi connectivity index (χ2v) is 4.92. The molecule has 96 valence electrons. The maximum absolute atomic E-state index is 11.0. The van der Waals surface area contributed by atoms with Gasteiger partial charge in [-0.25, -0.2) is 0 Å². The Morgan fingerprint density at radius 3 is 2.89 bits per heavy atom. The summed E-state index contributed by atoms with van der Waals surface area (Å²) in [5.41, 5.74) is 0.353. The fourth-order valence-corrected chi connectivity index (χ4v) is 2.29. The van der Waals surface area contributed by atoms with Crippen molar-refractivity contribution in [2.75, 3.05) is 23.9 Å². The molecule has 1 aromatic rings. The average molecular weight is 265 g/mol. The van der Waals surface area contributed by atoms with E-state index in [-0.39, 0.29) is 11.3 Å². The van der Waals surface area contributed by atoms with E-state index < -0.39 is 4.92 Å². The van der Waals surface area contributed by atoms with Gasteiger partial charge in [0.05, 0.1) is 4.92 Å². The van der Waals surface area contributed by atoms with E-state index in [4.69, 9.17) is 5.26 Å². The summed E-state index contributed by atoms with van der Waals surface area (Å²) in [6.07, 6.45) is 2.02. The number of nitro groups is 1. The first-order valence-corrected chi connectivity index (χ1v) is 6.89. The van der Waals surface area contributed by atoms with Gasteiger partial charge in [-0.1, -0.05) is 13.0 Å². The molecule has 0 aromatic heterocycles. The van der Waals surface area contributed by atoms with Crippen LogP contribution in [-0.2, 0) is 0 Å². The summed E-state index contributed by atoms with van der Waals surface area (Å²) >= 11 is 1.74. The molecule has 0 heterocycles. The zero-order valence-electron chi connectivity index (χ0n) is 10.3. The smallest absolute Gasteiger partial charge is 0.309 e. The van der Waals surface area contributed by atoms with Crippen LogP contribution in [0.25, 0.3) is 0 Å². The molecule has 1 unspecified atom stereocenters. The molecule has 0 radical (unpaired) electrons. The standard InChI is InChI=1S/C12H15N3O2S/c1-9(8-18-2)7-14-11-5-3-4-10(6-13)12(11)15(16)17/h3-5,9,14H,7-8H2,1-2H3. The van der Waals surface area contributed by atoms with Gasteiger partial charge in [-0.2, -0.15) is 17.0 Å². The van der Waals surface area contributed by atoms with Crippen molar-refractivity contribution < 1.29 is 4.92 Å². The molecule has 0 saturated carbocycles. The summed E-state index contributed by atoms with van der Waals surface area (Å²) in [7, 11) is 0. The fraction of sp³-hybridized carbons (Fsp3) is 0.417. The van der Waals surface area contributed by atoms with Gasteiger partial charge in [0.2, 0.25) is 0 Å². The summed E-state index contributed by atoms with van der Waals surface area (Å²) < 4.78 is 0. The van der Waals surface area contributed by atoms with Crippen molar-refractivity contribution in [2.45, 2.75) is 6.92 Å². The van der Waals surface area contributed by atoms with E-state index in [0.717, 1.165) is 5.75 Å². The van der Waals surface area contributed by atoms with Gasteiger partial charge >= 0.3 is 5.69 Å². The lowest BCUT2D eigenvalue weighted by Gasteiger charge is -2.12. The molecule has 0 saturated heterocycles. The highest BCUT2D eigenvalue weighted by atomic mass is 32.2. The maximum atomic E-state index is 11.0. The summed E-state index contributed by atoms with van der Waals surface area (Å²) in [4.78, 5) is 10.5.